The van der Waals surface area contributed by atoms with Gasteiger partial charge in [-0.25, -0.2) is 4.39 Å². The van der Waals surface area contributed by atoms with E-state index in [1.165, 1.54) is 31.4 Å². The van der Waals surface area contributed by atoms with Gasteiger partial charge in [0.25, 0.3) is 0 Å². The van der Waals surface area contributed by atoms with Crippen molar-refractivity contribution < 1.29 is 14.0 Å². The minimum atomic E-state index is -0.270. The van der Waals surface area contributed by atoms with Crippen LogP contribution >= 0.6 is 11.3 Å². The zero-order valence-corrected chi connectivity index (χ0v) is 21.2. The minimum Gasteiger partial charge on any atom is -0.340 e. The van der Waals surface area contributed by atoms with Crippen molar-refractivity contribution in [3.05, 3.63) is 58.0 Å². The smallest absolute Gasteiger partial charge is 0.228 e. The van der Waals surface area contributed by atoms with Crippen LogP contribution in [0.2, 0.25) is 0 Å². The number of piperazine rings is 1. The summed E-state index contributed by atoms with van der Waals surface area (Å²) in [7, 11) is 0. The average Bonchev–Trinajstić information content (AvgIpc) is 3.36. The molecule has 3 rings (SSSR count). The summed E-state index contributed by atoms with van der Waals surface area (Å²) >= 11 is 1.59. The number of thiophene rings is 1. The Kier molecular flexibility index (Phi) is 11.0. The summed E-state index contributed by atoms with van der Waals surface area (Å²) in [5.41, 5.74) is 0.926. The van der Waals surface area contributed by atoms with Crippen LogP contribution in [0.4, 0.5) is 4.39 Å². The monoisotopic (exact) mass is 487 g/mol. The maximum absolute atomic E-state index is 13.3. The number of hydrogen-bond acceptors (Lipinski definition) is 4. The normalized spacial score (nSPS) is 14.4. The van der Waals surface area contributed by atoms with Crippen LogP contribution in [-0.4, -0.2) is 65.8 Å². The molecule has 0 N–H and O–H groups in total. The van der Waals surface area contributed by atoms with Gasteiger partial charge in [-0.1, -0.05) is 50.8 Å². The van der Waals surface area contributed by atoms with Crippen LogP contribution in [0.15, 0.2) is 41.8 Å². The molecule has 2 amide bonds. The maximum atomic E-state index is 13.3. The van der Waals surface area contributed by atoms with Gasteiger partial charge < -0.3 is 9.80 Å². The fourth-order valence-electron chi connectivity index (χ4n) is 4.30. The Morgan fingerprint density at radius 3 is 2.41 bits per heavy atom. The molecule has 186 valence electrons. The third kappa shape index (κ3) is 8.84. The Hall–Kier alpha value is -2.25. The molecule has 0 radical (unpaired) electrons. The molecule has 2 aromatic rings. The molecule has 34 heavy (non-hydrogen) atoms. The number of amides is 2. The number of carbonyl (C=O) groups excluding carboxylic acids is 2. The highest BCUT2D eigenvalue weighted by molar-refractivity contribution is 7.10. The molecule has 0 spiro atoms. The Morgan fingerprint density at radius 2 is 1.74 bits per heavy atom. The molecule has 0 aliphatic carbocycles. The van der Waals surface area contributed by atoms with Gasteiger partial charge in [0.2, 0.25) is 11.8 Å². The largest absolute Gasteiger partial charge is 0.340 e. The fourth-order valence-corrected chi connectivity index (χ4v) is 4.99. The molecule has 1 aromatic heterocycles. The molecular formula is C27H38FN3O2S. The van der Waals surface area contributed by atoms with E-state index in [0.29, 0.717) is 25.9 Å². The van der Waals surface area contributed by atoms with Crippen LogP contribution in [0.1, 0.15) is 55.9 Å². The number of carbonyl (C=O) groups is 2. The molecule has 0 atom stereocenters. The minimum absolute atomic E-state index is 0.0867. The van der Waals surface area contributed by atoms with Crippen LogP contribution in [0.5, 0.6) is 0 Å². The summed E-state index contributed by atoms with van der Waals surface area (Å²) in [4.78, 5) is 32.8. The number of rotatable bonds is 13. The third-order valence-corrected chi connectivity index (χ3v) is 7.33. The highest BCUT2D eigenvalue weighted by Crippen LogP contribution is 2.14. The lowest BCUT2D eigenvalue weighted by atomic mass is 10.1. The van der Waals surface area contributed by atoms with E-state index in [9.17, 15) is 14.0 Å². The SMILES string of the molecule is CCCCCCCC(=O)N1CCN(CCN(Cc2ccc(F)cc2)C(=O)Cc2cccs2)CC1. The molecule has 5 nitrogen and oxygen atoms in total. The third-order valence-electron chi connectivity index (χ3n) is 6.45. The molecule has 1 aliphatic rings. The summed E-state index contributed by atoms with van der Waals surface area (Å²) in [6.07, 6.45) is 6.87. The standard InChI is InChI=1S/C27H38FN3O2S/c1-2-3-4-5-6-9-26(32)30-17-14-29(15-18-30)16-19-31(22-23-10-12-24(28)13-11-23)27(33)21-25-8-7-20-34-25/h7-8,10-13,20H,2-6,9,14-19,21-22H2,1H3. The summed E-state index contributed by atoms with van der Waals surface area (Å²) in [5, 5.41) is 1.99. The average molecular weight is 488 g/mol. The van der Waals surface area contributed by atoms with E-state index in [0.717, 1.165) is 56.0 Å². The van der Waals surface area contributed by atoms with Crippen LogP contribution in [0.3, 0.4) is 0 Å². The first kappa shape index (κ1) is 26.4. The first-order chi connectivity index (χ1) is 16.5. The van der Waals surface area contributed by atoms with E-state index in [1.54, 1.807) is 23.5 Å². The molecular weight excluding hydrogens is 449 g/mol. The summed E-state index contributed by atoms with van der Waals surface area (Å²) in [6.45, 7) is 7.26. The van der Waals surface area contributed by atoms with Gasteiger partial charge >= 0.3 is 0 Å². The zero-order chi connectivity index (χ0) is 24.2. The van der Waals surface area contributed by atoms with Gasteiger partial charge in [-0.2, -0.15) is 0 Å². The van der Waals surface area contributed by atoms with Crippen LogP contribution in [-0.2, 0) is 22.6 Å². The van der Waals surface area contributed by atoms with Crippen molar-refractivity contribution in [1.82, 2.24) is 14.7 Å². The highest BCUT2D eigenvalue weighted by Gasteiger charge is 2.22. The number of hydrogen-bond donors (Lipinski definition) is 0. The van der Waals surface area contributed by atoms with E-state index in [4.69, 9.17) is 0 Å². The lowest BCUT2D eigenvalue weighted by molar-refractivity contribution is -0.133. The van der Waals surface area contributed by atoms with Crippen molar-refractivity contribution in [1.29, 1.82) is 0 Å². The second kappa shape index (κ2) is 14.2. The van der Waals surface area contributed by atoms with Crippen LogP contribution < -0.4 is 0 Å². The lowest BCUT2D eigenvalue weighted by Gasteiger charge is -2.36. The van der Waals surface area contributed by atoms with Crippen molar-refractivity contribution in [2.45, 2.75) is 58.4 Å². The van der Waals surface area contributed by atoms with E-state index < -0.39 is 0 Å². The number of benzene rings is 1. The van der Waals surface area contributed by atoms with Crippen molar-refractivity contribution in [3.8, 4) is 0 Å². The number of unbranched alkanes of at least 4 members (excludes halogenated alkanes) is 4. The van der Waals surface area contributed by atoms with Crippen LogP contribution in [0.25, 0.3) is 0 Å². The zero-order valence-electron chi connectivity index (χ0n) is 20.4. The first-order valence-corrected chi connectivity index (χ1v) is 13.5. The van der Waals surface area contributed by atoms with Crippen molar-refractivity contribution in [2.75, 3.05) is 39.3 Å². The van der Waals surface area contributed by atoms with Gasteiger partial charge in [0.05, 0.1) is 6.42 Å². The molecule has 0 saturated carbocycles. The predicted molar refractivity (Wildman–Crippen MR) is 136 cm³/mol. The second-order valence-electron chi connectivity index (χ2n) is 9.08. The number of nitrogens with zero attached hydrogens (tertiary/aromatic N) is 3. The Bertz CT molecular complexity index is 865. The topological polar surface area (TPSA) is 43.9 Å². The van der Waals surface area contributed by atoms with Crippen LogP contribution in [0, 0.1) is 5.82 Å². The fraction of sp³-hybridized carbons (Fsp3) is 0.556. The Balaban J connectivity index is 1.46. The lowest BCUT2D eigenvalue weighted by Crippen LogP contribution is -2.50. The highest BCUT2D eigenvalue weighted by atomic mass is 32.1. The van der Waals surface area contributed by atoms with Crippen molar-refractivity contribution >= 4 is 23.2 Å². The number of halogens is 1. The van der Waals surface area contributed by atoms with Gasteiger partial charge in [-0.15, -0.1) is 11.3 Å². The Morgan fingerprint density at radius 1 is 1.00 bits per heavy atom. The van der Waals surface area contributed by atoms with Gasteiger partial charge in [-0.3, -0.25) is 14.5 Å². The molecule has 0 bridgehead atoms. The predicted octanol–water partition coefficient (Wildman–Crippen LogP) is 4.96. The van der Waals surface area contributed by atoms with E-state index in [2.05, 4.69) is 11.8 Å². The molecule has 1 aliphatic heterocycles. The molecule has 2 heterocycles. The van der Waals surface area contributed by atoms with Gasteiger partial charge in [-0.05, 0) is 35.6 Å². The van der Waals surface area contributed by atoms with Crippen molar-refractivity contribution in [3.63, 3.8) is 0 Å². The molecule has 1 aromatic carbocycles. The quantitative estimate of drug-likeness (QED) is 0.375. The van der Waals surface area contributed by atoms with E-state index in [1.807, 2.05) is 27.3 Å². The molecule has 1 fully saturated rings. The first-order valence-electron chi connectivity index (χ1n) is 12.6. The molecule has 7 heteroatoms. The summed E-state index contributed by atoms with van der Waals surface area (Å²) in [6, 6.07) is 10.3. The van der Waals surface area contributed by atoms with Gasteiger partial charge in [0.15, 0.2) is 0 Å². The Labute approximate surface area is 207 Å². The summed E-state index contributed by atoms with van der Waals surface area (Å²) < 4.78 is 13.3. The van der Waals surface area contributed by atoms with E-state index >= 15 is 0 Å². The van der Waals surface area contributed by atoms with Gasteiger partial charge in [0, 0.05) is 57.1 Å². The molecule has 0 unspecified atom stereocenters. The summed E-state index contributed by atoms with van der Waals surface area (Å²) in [5.74, 6) is 0.0949. The molecule has 1 saturated heterocycles. The maximum Gasteiger partial charge on any atom is 0.228 e. The van der Waals surface area contributed by atoms with E-state index in [-0.39, 0.29) is 17.6 Å². The second-order valence-corrected chi connectivity index (χ2v) is 10.1. The van der Waals surface area contributed by atoms with Gasteiger partial charge in [0.1, 0.15) is 5.82 Å². The van der Waals surface area contributed by atoms with Crippen molar-refractivity contribution in [2.24, 2.45) is 0 Å².